The summed E-state index contributed by atoms with van der Waals surface area (Å²) in [5.41, 5.74) is -2.30. The summed E-state index contributed by atoms with van der Waals surface area (Å²) in [6, 6.07) is 1.19. The fourth-order valence-corrected chi connectivity index (χ4v) is 2.55. The highest BCUT2D eigenvalue weighted by atomic mass is 16.4. The van der Waals surface area contributed by atoms with Gasteiger partial charge in [0.15, 0.2) is 0 Å². The molecule has 1 aliphatic heterocycles. The van der Waals surface area contributed by atoms with Crippen LogP contribution in [0.5, 0.6) is 0 Å². The van der Waals surface area contributed by atoms with E-state index in [9.17, 15) is 24.3 Å². The summed E-state index contributed by atoms with van der Waals surface area (Å²) < 4.78 is 2.00. The molecule has 1 saturated heterocycles. The Morgan fingerprint density at radius 3 is 2.67 bits per heavy atom. The van der Waals surface area contributed by atoms with Crippen molar-refractivity contribution in [2.24, 2.45) is 7.05 Å². The molecular formula is C13H17N3O5. The minimum atomic E-state index is -1.23. The highest BCUT2D eigenvalue weighted by Crippen LogP contribution is 2.29. The molecule has 21 heavy (non-hydrogen) atoms. The second-order valence-electron chi connectivity index (χ2n) is 5.35. The van der Waals surface area contributed by atoms with Gasteiger partial charge in [0.2, 0.25) is 5.91 Å². The quantitative estimate of drug-likeness (QED) is 0.771. The van der Waals surface area contributed by atoms with Crippen molar-refractivity contribution in [3.63, 3.8) is 0 Å². The molecule has 0 radical (unpaired) electrons. The van der Waals surface area contributed by atoms with E-state index in [4.69, 9.17) is 0 Å². The van der Waals surface area contributed by atoms with Gasteiger partial charge < -0.3 is 10.0 Å². The predicted octanol–water partition coefficient (Wildman–Crippen LogP) is -0.987. The highest BCUT2D eigenvalue weighted by molar-refractivity contribution is 5.87. The lowest BCUT2D eigenvalue weighted by atomic mass is 9.99. The van der Waals surface area contributed by atoms with E-state index >= 15 is 0 Å². The molecule has 1 aromatic heterocycles. The smallest absolute Gasteiger partial charge is 0.331 e. The minimum Gasteiger partial charge on any atom is -0.480 e. The zero-order valence-corrected chi connectivity index (χ0v) is 11.9. The van der Waals surface area contributed by atoms with E-state index in [0.717, 1.165) is 9.13 Å². The Morgan fingerprint density at radius 2 is 2.05 bits per heavy atom. The number of aromatic nitrogens is 2. The molecule has 1 N–H and O–H groups in total. The number of nitrogens with zero attached hydrogens (tertiary/aromatic N) is 3. The van der Waals surface area contributed by atoms with Crippen molar-refractivity contribution >= 4 is 11.9 Å². The molecule has 0 saturated carbocycles. The number of hydrogen-bond donors (Lipinski definition) is 1. The lowest BCUT2D eigenvalue weighted by Gasteiger charge is -2.31. The van der Waals surface area contributed by atoms with Gasteiger partial charge >= 0.3 is 11.7 Å². The van der Waals surface area contributed by atoms with Gasteiger partial charge in [0.05, 0.1) is 0 Å². The molecule has 0 aliphatic carbocycles. The van der Waals surface area contributed by atoms with Crippen molar-refractivity contribution < 1.29 is 14.7 Å². The maximum Gasteiger partial charge on any atom is 0.331 e. The third kappa shape index (κ3) is 2.48. The van der Waals surface area contributed by atoms with Gasteiger partial charge in [-0.25, -0.2) is 9.59 Å². The van der Waals surface area contributed by atoms with Gasteiger partial charge in [0, 0.05) is 25.9 Å². The first-order valence-electron chi connectivity index (χ1n) is 6.58. The lowest BCUT2D eigenvalue weighted by Crippen LogP contribution is -2.52. The molecule has 1 aliphatic rings. The van der Waals surface area contributed by atoms with Crippen LogP contribution in [0.25, 0.3) is 0 Å². The van der Waals surface area contributed by atoms with E-state index < -0.39 is 28.7 Å². The Bertz CT molecular complexity index is 704. The Balaban J connectivity index is 2.27. The largest absolute Gasteiger partial charge is 0.480 e. The average Bonchev–Trinajstić information content (AvgIpc) is 2.83. The van der Waals surface area contributed by atoms with Crippen LogP contribution >= 0.6 is 0 Å². The van der Waals surface area contributed by atoms with E-state index in [1.807, 2.05) is 0 Å². The standard InChI is InChI=1S/C13H17N3O5/c1-13(11(19)20)5-3-6-16(13)10(18)8-15-7-4-9(17)14(2)12(15)21/h4,7H,3,5-6,8H2,1-2H3,(H,19,20). The SMILES string of the molecule is Cn1c(=O)ccn(CC(=O)N2CCCC2(C)C(=O)O)c1=O. The molecular weight excluding hydrogens is 278 g/mol. The van der Waals surface area contributed by atoms with Gasteiger partial charge in [-0.1, -0.05) is 0 Å². The molecule has 1 fully saturated rings. The normalized spacial score (nSPS) is 21.5. The van der Waals surface area contributed by atoms with E-state index in [2.05, 4.69) is 0 Å². The number of carboxylic acids is 1. The summed E-state index contributed by atoms with van der Waals surface area (Å²) in [4.78, 5) is 48.1. The summed E-state index contributed by atoms with van der Waals surface area (Å²) >= 11 is 0. The number of aliphatic carboxylic acids is 1. The second-order valence-corrected chi connectivity index (χ2v) is 5.35. The van der Waals surface area contributed by atoms with Crippen molar-refractivity contribution in [2.75, 3.05) is 6.54 Å². The van der Waals surface area contributed by atoms with Crippen LogP contribution in [0.4, 0.5) is 0 Å². The zero-order valence-electron chi connectivity index (χ0n) is 11.9. The lowest BCUT2D eigenvalue weighted by molar-refractivity contribution is -0.155. The number of rotatable bonds is 3. The number of hydrogen-bond acceptors (Lipinski definition) is 4. The maximum atomic E-state index is 12.3. The molecule has 1 amide bonds. The van der Waals surface area contributed by atoms with Crippen molar-refractivity contribution in [3.05, 3.63) is 33.1 Å². The van der Waals surface area contributed by atoms with Crippen LogP contribution in [0.1, 0.15) is 19.8 Å². The number of carboxylic acid groups (broad SMARTS) is 1. The summed E-state index contributed by atoms with van der Waals surface area (Å²) in [5.74, 6) is -1.50. The summed E-state index contributed by atoms with van der Waals surface area (Å²) in [6.07, 6.45) is 2.24. The first kappa shape index (κ1) is 15.0. The number of likely N-dealkylation sites (tertiary alicyclic amines) is 1. The molecule has 8 heteroatoms. The van der Waals surface area contributed by atoms with E-state index in [1.165, 1.54) is 31.1 Å². The molecule has 2 heterocycles. The second kappa shape index (κ2) is 5.19. The van der Waals surface area contributed by atoms with Gasteiger partial charge in [-0.3, -0.25) is 18.7 Å². The third-order valence-electron chi connectivity index (χ3n) is 3.97. The fourth-order valence-electron chi connectivity index (χ4n) is 2.55. The first-order chi connectivity index (χ1) is 9.77. The molecule has 114 valence electrons. The van der Waals surface area contributed by atoms with E-state index in [0.29, 0.717) is 19.4 Å². The van der Waals surface area contributed by atoms with Crippen molar-refractivity contribution in [3.8, 4) is 0 Å². The third-order valence-corrected chi connectivity index (χ3v) is 3.97. The van der Waals surface area contributed by atoms with Gasteiger partial charge in [0.25, 0.3) is 5.56 Å². The Kier molecular flexibility index (Phi) is 3.71. The van der Waals surface area contributed by atoms with Crippen LogP contribution in [0.3, 0.4) is 0 Å². The summed E-state index contributed by atoms with van der Waals surface area (Å²) in [7, 11) is 1.32. The molecule has 1 unspecified atom stereocenters. The van der Waals surface area contributed by atoms with Crippen LogP contribution in [0.2, 0.25) is 0 Å². The van der Waals surface area contributed by atoms with Crippen LogP contribution in [-0.4, -0.2) is 43.1 Å². The van der Waals surface area contributed by atoms with E-state index in [1.54, 1.807) is 0 Å². The number of carbonyl (C=O) groups excluding carboxylic acids is 1. The minimum absolute atomic E-state index is 0.282. The fraction of sp³-hybridized carbons (Fsp3) is 0.538. The highest BCUT2D eigenvalue weighted by Gasteiger charge is 2.45. The number of carbonyl (C=O) groups is 2. The first-order valence-corrected chi connectivity index (χ1v) is 6.58. The molecule has 1 atom stereocenters. The summed E-state index contributed by atoms with van der Waals surface area (Å²) in [6.45, 7) is 1.57. The van der Waals surface area contributed by atoms with Crippen molar-refractivity contribution in [1.29, 1.82) is 0 Å². The van der Waals surface area contributed by atoms with Crippen LogP contribution in [0, 0.1) is 0 Å². The Labute approximate surface area is 120 Å². The van der Waals surface area contributed by atoms with Crippen LogP contribution in [-0.2, 0) is 23.2 Å². The maximum absolute atomic E-state index is 12.3. The Hall–Kier alpha value is -2.38. The molecule has 2 rings (SSSR count). The van der Waals surface area contributed by atoms with Crippen LogP contribution < -0.4 is 11.2 Å². The monoisotopic (exact) mass is 295 g/mol. The molecule has 0 bridgehead atoms. The van der Waals surface area contributed by atoms with Gasteiger partial charge in [-0.2, -0.15) is 0 Å². The van der Waals surface area contributed by atoms with E-state index in [-0.39, 0.29) is 6.54 Å². The summed E-state index contributed by atoms with van der Waals surface area (Å²) in [5, 5.41) is 9.29. The molecule has 0 spiro atoms. The van der Waals surface area contributed by atoms with Crippen molar-refractivity contribution in [1.82, 2.24) is 14.0 Å². The topological polar surface area (TPSA) is 102 Å². The average molecular weight is 295 g/mol. The van der Waals surface area contributed by atoms with Gasteiger partial charge in [-0.15, -0.1) is 0 Å². The zero-order chi connectivity index (χ0) is 15.8. The molecule has 1 aromatic rings. The van der Waals surface area contributed by atoms with Crippen LogP contribution in [0.15, 0.2) is 21.9 Å². The molecule has 8 nitrogen and oxygen atoms in total. The Morgan fingerprint density at radius 1 is 1.38 bits per heavy atom. The van der Waals surface area contributed by atoms with Gasteiger partial charge in [0.1, 0.15) is 12.1 Å². The predicted molar refractivity (Wildman–Crippen MR) is 72.9 cm³/mol. The molecule has 0 aromatic carbocycles. The number of amides is 1. The van der Waals surface area contributed by atoms with Crippen molar-refractivity contribution in [2.45, 2.75) is 31.8 Å². The van der Waals surface area contributed by atoms with Gasteiger partial charge in [-0.05, 0) is 19.8 Å².